The highest BCUT2D eigenvalue weighted by Crippen LogP contribution is 2.28. The van der Waals surface area contributed by atoms with Crippen molar-refractivity contribution in [2.24, 2.45) is 23.1 Å². The van der Waals surface area contributed by atoms with Crippen molar-refractivity contribution in [3.8, 4) is 0 Å². The third-order valence-corrected chi connectivity index (χ3v) is 3.16. The number of nitrogens with one attached hydrogen (secondary N) is 1. The van der Waals surface area contributed by atoms with Gasteiger partial charge in [0, 0.05) is 6.04 Å². The molecule has 0 rings (SSSR count). The number of hydrogen-bond donors (Lipinski definition) is 2. The minimum Gasteiger partial charge on any atom is -0.271 e. The van der Waals surface area contributed by atoms with Crippen LogP contribution < -0.4 is 11.3 Å². The predicted molar refractivity (Wildman–Crippen MR) is 68.4 cm³/mol. The van der Waals surface area contributed by atoms with Gasteiger partial charge in [-0.3, -0.25) is 11.3 Å². The van der Waals surface area contributed by atoms with Gasteiger partial charge in [-0.15, -0.1) is 0 Å². The lowest BCUT2D eigenvalue weighted by Crippen LogP contribution is -2.41. The summed E-state index contributed by atoms with van der Waals surface area (Å²) in [7, 11) is 0. The molecule has 0 aromatic carbocycles. The second-order valence-electron chi connectivity index (χ2n) is 6.26. The topological polar surface area (TPSA) is 38.0 Å². The summed E-state index contributed by atoms with van der Waals surface area (Å²) in [6.45, 7) is 13.7. The predicted octanol–water partition coefficient (Wildman–Crippen LogP) is 3.33. The molecule has 2 heteroatoms. The maximum absolute atomic E-state index is 5.61. The first kappa shape index (κ1) is 14.9. The van der Waals surface area contributed by atoms with Crippen molar-refractivity contribution in [3.63, 3.8) is 0 Å². The zero-order valence-electron chi connectivity index (χ0n) is 11.4. The molecule has 15 heavy (non-hydrogen) atoms. The van der Waals surface area contributed by atoms with Crippen LogP contribution in [0.4, 0.5) is 0 Å². The Bertz CT molecular complexity index is 160. The van der Waals surface area contributed by atoms with E-state index in [9.17, 15) is 0 Å². The summed E-state index contributed by atoms with van der Waals surface area (Å²) < 4.78 is 0. The van der Waals surface area contributed by atoms with Crippen molar-refractivity contribution in [1.29, 1.82) is 0 Å². The van der Waals surface area contributed by atoms with Gasteiger partial charge in [-0.25, -0.2) is 0 Å². The third-order valence-electron chi connectivity index (χ3n) is 3.16. The summed E-state index contributed by atoms with van der Waals surface area (Å²) in [5.74, 6) is 7.01. The van der Waals surface area contributed by atoms with E-state index in [-0.39, 0.29) is 0 Å². The summed E-state index contributed by atoms with van der Waals surface area (Å²) >= 11 is 0. The van der Waals surface area contributed by atoms with Gasteiger partial charge < -0.3 is 0 Å². The second-order valence-corrected chi connectivity index (χ2v) is 6.26. The van der Waals surface area contributed by atoms with Gasteiger partial charge in [0.25, 0.3) is 0 Å². The molecule has 0 fully saturated rings. The molecule has 0 bridgehead atoms. The normalized spacial score (nSPS) is 18.6. The molecule has 0 saturated heterocycles. The molecule has 92 valence electrons. The van der Waals surface area contributed by atoms with Gasteiger partial charge in [0.1, 0.15) is 0 Å². The SMILES string of the molecule is CCC(C)C(CC(C)CC(C)(C)C)NN. The molecule has 3 atom stereocenters. The Balaban J connectivity index is 4.07. The molecule has 0 aliphatic carbocycles. The van der Waals surface area contributed by atoms with Crippen LogP contribution in [0, 0.1) is 17.3 Å². The molecule has 0 aromatic heterocycles. The molecule has 0 aliphatic heterocycles. The van der Waals surface area contributed by atoms with Crippen molar-refractivity contribution in [1.82, 2.24) is 5.43 Å². The minimum absolute atomic E-state index is 0.425. The lowest BCUT2D eigenvalue weighted by atomic mass is 9.81. The van der Waals surface area contributed by atoms with E-state index in [1.807, 2.05) is 0 Å². The molecule has 0 radical (unpaired) electrons. The maximum atomic E-state index is 5.61. The van der Waals surface area contributed by atoms with Crippen LogP contribution in [0.15, 0.2) is 0 Å². The molecule has 0 saturated carbocycles. The van der Waals surface area contributed by atoms with Crippen LogP contribution >= 0.6 is 0 Å². The molecule has 2 nitrogen and oxygen atoms in total. The first-order valence-electron chi connectivity index (χ1n) is 6.26. The number of rotatable bonds is 6. The lowest BCUT2D eigenvalue weighted by Gasteiger charge is -2.29. The number of nitrogens with two attached hydrogens (primary N) is 1. The van der Waals surface area contributed by atoms with Crippen molar-refractivity contribution in [3.05, 3.63) is 0 Å². The Morgan fingerprint density at radius 3 is 2.07 bits per heavy atom. The first-order valence-corrected chi connectivity index (χ1v) is 6.26. The van der Waals surface area contributed by atoms with Crippen LogP contribution in [0.2, 0.25) is 0 Å². The second kappa shape index (κ2) is 6.49. The third kappa shape index (κ3) is 6.91. The quantitative estimate of drug-likeness (QED) is 0.526. The summed E-state index contributed by atoms with van der Waals surface area (Å²) in [5, 5.41) is 0. The Morgan fingerprint density at radius 2 is 1.73 bits per heavy atom. The van der Waals surface area contributed by atoms with Crippen molar-refractivity contribution >= 4 is 0 Å². The number of hydrogen-bond acceptors (Lipinski definition) is 2. The van der Waals surface area contributed by atoms with Crippen LogP contribution in [-0.2, 0) is 0 Å². The standard InChI is InChI=1S/C13H30N2/c1-7-11(3)12(15-14)8-10(2)9-13(4,5)6/h10-12,15H,7-9,14H2,1-6H3. The Labute approximate surface area is 96.0 Å². The van der Waals surface area contributed by atoms with E-state index in [0.29, 0.717) is 17.4 Å². The van der Waals surface area contributed by atoms with E-state index in [2.05, 4.69) is 47.0 Å². The van der Waals surface area contributed by atoms with Crippen LogP contribution in [-0.4, -0.2) is 6.04 Å². The van der Waals surface area contributed by atoms with Crippen molar-refractivity contribution in [2.75, 3.05) is 0 Å². The monoisotopic (exact) mass is 214 g/mol. The number of hydrazine groups is 1. The van der Waals surface area contributed by atoms with Crippen molar-refractivity contribution < 1.29 is 0 Å². The molecule has 0 heterocycles. The minimum atomic E-state index is 0.425. The molecular weight excluding hydrogens is 184 g/mol. The average molecular weight is 214 g/mol. The summed E-state index contributed by atoms with van der Waals surface area (Å²) in [6.07, 6.45) is 3.64. The fourth-order valence-electron chi connectivity index (χ4n) is 2.31. The van der Waals surface area contributed by atoms with Crippen molar-refractivity contribution in [2.45, 2.75) is 66.8 Å². The Kier molecular flexibility index (Phi) is 6.46. The van der Waals surface area contributed by atoms with E-state index >= 15 is 0 Å². The Morgan fingerprint density at radius 1 is 1.20 bits per heavy atom. The molecule has 0 aliphatic rings. The van der Waals surface area contributed by atoms with Crippen LogP contribution in [0.3, 0.4) is 0 Å². The van der Waals surface area contributed by atoms with Gasteiger partial charge in [-0.05, 0) is 30.1 Å². The maximum Gasteiger partial charge on any atom is 0.0238 e. The zero-order valence-corrected chi connectivity index (χ0v) is 11.4. The summed E-state index contributed by atoms with van der Waals surface area (Å²) in [4.78, 5) is 0. The van der Waals surface area contributed by atoms with E-state index in [0.717, 1.165) is 5.92 Å². The van der Waals surface area contributed by atoms with Crippen LogP contribution in [0.5, 0.6) is 0 Å². The van der Waals surface area contributed by atoms with Gasteiger partial charge >= 0.3 is 0 Å². The van der Waals surface area contributed by atoms with E-state index in [1.54, 1.807) is 0 Å². The highest BCUT2D eigenvalue weighted by Gasteiger charge is 2.21. The summed E-state index contributed by atoms with van der Waals surface area (Å²) in [6, 6.07) is 0.465. The highest BCUT2D eigenvalue weighted by atomic mass is 15.2. The lowest BCUT2D eigenvalue weighted by molar-refractivity contribution is 0.247. The van der Waals surface area contributed by atoms with Gasteiger partial charge in [0.2, 0.25) is 0 Å². The van der Waals surface area contributed by atoms with E-state index < -0.39 is 0 Å². The van der Waals surface area contributed by atoms with E-state index in [4.69, 9.17) is 5.84 Å². The van der Waals surface area contributed by atoms with E-state index in [1.165, 1.54) is 19.3 Å². The van der Waals surface area contributed by atoms with Gasteiger partial charge in [-0.2, -0.15) is 0 Å². The van der Waals surface area contributed by atoms with Gasteiger partial charge in [0.15, 0.2) is 0 Å². The van der Waals surface area contributed by atoms with Gasteiger partial charge in [-0.1, -0.05) is 48.0 Å². The molecule has 0 spiro atoms. The average Bonchev–Trinajstić information content (AvgIpc) is 2.10. The molecule has 0 aromatic rings. The molecule has 3 N–H and O–H groups in total. The van der Waals surface area contributed by atoms with Gasteiger partial charge in [0.05, 0.1) is 0 Å². The highest BCUT2D eigenvalue weighted by molar-refractivity contribution is 4.75. The van der Waals surface area contributed by atoms with Crippen LogP contribution in [0.1, 0.15) is 60.8 Å². The zero-order chi connectivity index (χ0) is 12.1. The Hall–Kier alpha value is -0.0800. The molecular formula is C13H30N2. The van der Waals surface area contributed by atoms with Crippen LogP contribution in [0.25, 0.3) is 0 Å². The molecule has 0 amide bonds. The first-order chi connectivity index (χ1) is 6.80. The fraction of sp³-hybridized carbons (Fsp3) is 1.00. The fourth-order valence-corrected chi connectivity index (χ4v) is 2.31. The molecule has 3 unspecified atom stereocenters. The largest absolute Gasteiger partial charge is 0.271 e. The smallest absolute Gasteiger partial charge is 0.0238 e. The summed E-state index contributed by atoms with van der Waals surface area (Å²) in [5.41, 5.74) is 3.39.